The van der Waals surface area contributed by atoms with Gasteiger partial charge >= 0.3 is 5.97 Å². The zero-order valence-corrected chi connectivity index (χ0v) is 8.23. The quantitative estimate of drug-likeness (QED) is 0.706. The Labute approximate surface area is 87.4 Å². The van der Waals surface area contributed by atoms with Gasteiger partial charge in [-0.15, -0.1) is 0 Å². The van der Waals surface area contributed by atoms with Gasteiger partial charge in [0, 0.05) is 11.8 Å². The number of nitriles is 1. The van der Waals surface area contributed by atoms with E-state index in [2.05, 4.69) is 6.07 Å². The molecule has 1 fully saturated rings. The molecule has 1 aliphatic carbocycles. The molecule has 0 aromatic carbocycles. The largest absolute Gasteiger partial charge is 0.472 e. The molecule has 1 heterocycles. The molecule has 78 valence electrons. The maximum Gasteiger partial charge on any atom is 0.341 e. The van der Waals surface area contributed by atoms with E-state index in [1.54, 1.807) is 6.07 Å². The second-order valence-corrected chi connectivity index (χ2v) is 3.92. The summed E-state index contributed by atoms with van der Waals surface area (Å²) in [6.07, 6.45) is 5.19. The zero-order chi connectivity index (χ0) is 10.7. The van der Waals surface area contributed by atoms with Gasteiger partial charge in [-0.25, -0.2) is 4.79 Å². The number of carbonyl (C=O) groups is 1. The van der Waals surface area contributed by atoms with E-state index in [-0.39, 0.29) is 11.4 Å². The van der Waals surface area contributed by atoms with E-state index in [0.717, 1.165) is 12.8 Å². The summed E-state index contributed by atoms with van der Waals surface area (Å²) in [7, 11) is 0. The summed E-state index contributed by atoms with van der Waals surface area (Å²) in [5, 5.41) is 8.59. The highest BCUT2D eigenvalue weighted by atomic mass is 16.5. The summed E-state index contributed by atoms with van der Waals surface area (Å²) < 4.78 is 9.89. The molecule has 4 heteroatoms. The van der Waals surface area contributed by atoms with Crippen LogP contribution in [-0.2, 0) is 4.74 Å². The maximum atomic E-state index is 11.4. The normalized spacial score (nSPS) is 16.7. The second kappa shape index (κ2) is 3.77. The summed E-state index contributed by atoms with van der Waals surface area (Å²) >= 11 is 0. The van der Waals surface area contributed by atoms with Crippen molar-refractivity contribution >= 4 is 5.97 Å². The highest BCUT2D eigenvalue weighted by molar-refractivity contribution is 5.88. The van der Waals surface area contributed by atoms with E-state index in [0.29, 0.717) is 18.6 Å². The average Bonchev–Trinajstić information content (AvgIpc) is 2.81. The lowest BCUT2D eigenvalue weighted by Gasteiger charge is -2.10. The predicted octanol–water partition coefficient (Wildman–Crippen LogP) is 2.13. The first-order chi connectivity index (χ1) is 7.26. The monoisotopic (exact) mass is 205 g/mol. The Balaban J connectivity index is 1.84. The fourth-order valence-electron chi connectivity index (χ4n) is 1.40. The number of rotatable bonds is 4. The zero-order valence-electron chi connectivity index (χ0n) is 8.23. The van der Waals surface area contributed by atoms with Crippen molar-refractivity contribution in [3.8, 4) is 6.07 Å². The van der Waals surface area contributed by atoms with Crippen molar-refractivity contribution in [2.75, 3.05) is 6.61 Å². The van der Waals surface area contributed by atoms with Crippen molar-refractivity contribution in [1.82, 2.24) is 0 Å². The molecule has 4 nitrogen and oxygen atoms in total. The smallest absolute Gasteiger partial charge is 0.341 e. The first kappa shape index (κ1) is 9.78. The Morgan fingerprint density at radius 1 is 1.67 bits per heavy atom. The first-order valence-electron chi connectivity index (χ1n) is 4.82. The van der Waals surface area contributed by atoms with Crippen molar-refractivity contribution < 1.29 is 13.9 Å². The molecule has 0 amide bonds. The molecular formula is C11H11NO3. The van der Waals surface area contributed by atoms with E-state index in [1.165, 1.54) is 12.5 Å². The van der Waals surface area contributed by atoms with Crippen LogP contribution in [-0.4, -0.2) is 12.6 Å². The van der Waals surface area contributed by atoms with E-state index in [1.807, 2.05) is 0 Å². The molecule has 15 heavy (non-hydrogen) atoms. The third kappa shape index (κ3) is 2.18. The molecule has 0 aliphatic heterocycles. The van der Waals surface area contributed by atoms with Crippen LogP contribution in [0.1, 0.15) is 29.6 Å². The van der Waals surface area contributed by atoms with Gasteiger partial charge in [0.15, 0.2) is 0 Å². The topological polar surface area (TPSA) is 63.2 Å². The molecule has 0 bridgehead atoms. The Bertz CT molecular complexity index is 384. The van der Waals surface area contributed by atoms with Gasteiger partial charge in [0.05, 0.1) is 24.5 Å². The number of ether oxygens (including phenoxy) is 1. The fraction of sp³-hybridized carbons (Fsp3) is 0.455. The Morgan fingerprint density at radius 3 is 3.00 bits per heavy atom. The van der Waals surface area contributed by atoms with Crippen LogP contribution < -0.4 is 0 Å². The third-order valence-corrected chi connectivity index (χ3v) is 2.68. The van der Waals surface area contributed by atoms with Crippen molar-refractivity contribution in [2.45, 2.75) is 19.3 Å². The van der Waals surface area contributed by atoms with Crippen molar-refractivity contribution in [3.05, 3.63) is 24.2 Å². The average molecular weight is 205 g/mol. The van der Waals surface area contributed by atoms with E-state index < -0.39 is 0 Å². The van der Waals surface area contributed by atoms with Crippen molar-refractivity contribution in [2.24, 2.45) is 5.41 Å². The molecule has 0 saturated heterocycles. The SMILES string of the molecule is N#CCC1(COC(=O)c2ccoc2)CC1. The third-order valence-electron chi connectivity index (χ3n) is 2.68. The molecule has 1 saturated carbocycles. The summed E-state index contributed by atoms with van der Waals surface area (Å²) in [6.45, 7) is 0.338. The van der Waals surface area contributed by atoms with Crippen LogP contribution in [0.25, 0.3) is 0 Å². The van der Waals surface area contributed by atoms with Gasteiger partial charge in [0.1, 0.15) is 6.26 Å². The van der Waals surface area contributed by atoms with Gasteiger partial charge in [-0.1, -0.05) is 0 Å². The summed E-state index contributed by atoms with van der Waals surface area (Å²) in [5.74, 6) is -0.382. The summed E-state index contributed by atoms with van der Waals surface area (Å²) in [6, 6.07) is 3.68. The molecule has 0 atom stereocenters. The molecule has 1 aliphatic rings. The standard InChI is InChI=1S/C11H11NO3/c12-5-4-11(2-3-11)8-15-10(13)9-1-6-14-7-9/h1,6-7H,2-4,8H2. The molecule has 1 aromatic rings. The molecular weight excluding hydrogens is 194 g/mol. The number of esters is 1. The van der Waals surface area contributed by atoms with Crippen LogP contribution in [0, 0.1) is 16.7 Å². The lowest BCUT2D eigenvalue weighted by atomic mass is 10.1. The number of carbonyl (C=O) groups excluding carboxylic acids is 1. The minimum Gasteiger partial charge on any atom is -0.472 e. The van der Waals surface area contributed by atoms with Gasteiger partial charge in [0.25, 0.3) is 0 Å². The van der Waals surface area contributed by atoms with Gasteiger partial charge in [-0.2, -0.15) is 5.26 Å². The molecule has 0 spiro atoms. The van der Waals surface area contributed by atoms with Gasteiger partial charge < -0.3 is 9.15 Å². The molecule has 0 N–H and O–H groups in total. The minimum atomic E-state index is -0.382. The van der Waals surface area contributed by atoms with Crippen LogP contribution in [0.2, 0.25) is 0 Å². The number of furan rings is 1. The molecule has 2 rings (SSSR count). The highest BCUT2D eigenvalue weighted by Gasteiger charge is 2.43. The lowest BCUT2D eigenvalue weighted by molar-refractivity contribution is 0.0418. The summed E-state index contributed by atoms with van der Waals surface area (Å²) in [5.41, 5.74) is 0.358. The lowest BCUT2D eigenvalue weighted by Crippen LogP contribution is -2.14. The van der Waals surface area contributed by atoms with Crippen LogP contribution in [0.5, 0.6) is 0 Å². The van der Waals surface area contributed by atoms with Crippen LogP contribution in [0.4, 0.5) is 0 Å². The fourth-order valence-corrected chi connectivity index (χ4v) is 1.40. The number of nitrogens with zero attached hydrogens (tertiary/aromatic N) is 1. The first-order valence-corrected chi connectivity index (χ1v) is 4.82. The van der Waals surface area contributed by atoms with Crippen LogP contribution >= 0.6 is 0 Å². The predicted molar refractivity (Wildman–Crippen MR) is 50.9 cm³/mol. The van der Waals surface area contributed by atoms with Crippen molar-refractivity contribution in [1.29, 1.82) is 5.26 Å². The van der Waals surface area contributed by atoms with Gasteiger partial charge in [-0.3, -0.25) is 0 Å². The van der Waals surface area contributed by atoms with E-state index in [9.17, 15) is 4.79 Å². The molecule has 0 unspecified atom stereocenters. The minimum absolute atomic E-state index is 0.0614. The Hall–Kier alpha value is -1.76. The maximum absolute atomic E-state index is 11.4. The summed E-state index contributed by atoms with van der Waals surface area (Å²) in [4.78, 5) is 11.4. The highest BCUT2D eigenvalue weighted by Crippen LogP contribution is 2.48. The van der Waals surface area contributed by atoms with E-state index >= 15 is 0 Å². The van der Waals surface area contributed by atoms with Crippen LogP contribution in [0.3, 0.4) is 0 Å². The Morgan fingerprint density at radius 2 is 2.47 bits per heavy atom. The Kier molecular flexibility index (Phi) is 2.46. The van der Waals surface area contributed by atoms with Gasteiger partial charge in [0.2, 0.25) is 0 Å². The number of hydrogen-bond donors (Lipinski definition) is 0. The second-order valence-electron chi connectivity index (χ2n) is 3.92. The van der Waals surface area contributed by atoms with Gasteiger partial charge in [-0.05, 0) is 18.9 Å². The molecule has 1 aromatic heterocycles. The van der Waals surface area contributed by atoms with E-state index in [4.69, 9.17) is 14.4 Å². The molecule has 0 radical (unpaired) electrons. The number of hydrogen-bond acceptors (Lipinski definition) is 4. The van der Waals surface area contributed by atoms with Crippen LogP contribution in [0.15, 0.2) is 23.0 Å². The van der Waals surface area contributed by atoms with Crippen molar-refractivity contribution in [3.63, 3.8) is 0 Å².